The monoisotopic (exact) mass is 437 g/mol. The predicted molar refractivity (Wildman–Crippen MR) is 103 cm³/mol. The van der Waals surface area contributed by atoms with Gasteiger partial charge in [0.2, 0.25) is 0 Å². The van der Waals surface area contributed by atoms with Crippen molar-refractivity contribution in [2.45, 2.75) is 25.3 Å². The number of hydrogen-bond acceptors (Lipinski definition) is 7. The van der Waals surface area contributed by atoms with E-state index in [9.17, 15) is 0 Å². The third-order valence-corrected chi connectivity index (χ3v) is 5.17. The molecule has 0 bridgehead atoms. The maximum atomic E-state index is 6.19. The molecule has 4 rings (SSSR count). The molecule has 4 heterocycles. The van der Waals surface area contributed by atoms with Crippen LogP contribution < -0.4 is 15.4 Å². The van der Waals surface area contributed by atoms with Crippen LogP contribution in [0, 0.1) is 0 Å². The first-order valence-corrected chi connectivity index (χ1v) is 9.32. The van der Waals surface area contributed by atoms with Gasteiger partial charge in [0.05, 0.1) is 12.4 Å². The molecule has 1 aliphatic rings. The van der Waals surface area contributed by atoms with Gasteiger partial charge in [0.1, 0.15) is 15.4 Å². The van der Waals surface area contributed by atoms with Crippen molar-refractivity contribution in [3.63, 3.8) is 0 Å². The Bertz CT molecular complexity index is 951. The average molecular weight is 439 g/mol. The SMILES string of the molecule is CC1(N)CCN(c2cnc3c(Oc4cc(Br)ncc4Cl)n[nH]c3n2)CC1. The Labute approximate surface area is 163 Å². The summed E-state index contributed by atoms with van der Waals surface area (Å²) in [5.74, 6) is 1.55. The average Bonchev–Trinajstić information content (AvgIpc) is 3.00. The maximum absolute atomic E-state index is 6.19. The smallest absolute Gasteiger partial charge is 0.266 e. The second-order valence-electron chi connectivity index (χ2n) is 6.63. The quantitative estimate of drug-likeness (QED) is 0.604. The number of ether oxygens (including phenoxy) is 1. The number of anilines is 1. The van der Waals surface area contributed by atoms with E-state index >= 15 is 0 Å². The first-order chi connectivity index (χ1) is 12.4. The molecular weight excluding hydrogens is 422 g/mol. The van der Waals surface area contributed by atoms with Gasteiger partial charge >= 0.3 is 0 Å². The van der Waals surface area contributed by atoms with Crippen molar-refractivity contribution in [2.24, 2.45) is 5.73 Å². The Hall–Kier alpha value is -1.97. The number of hydrogen-bond donors (Lipinski definition) is 2. The second-order valence-corrected chi connectivity index (χ2v) is 7.85. The predicted octanol–water partition coefficient (Wildman–Crippen LogP) is 3.27. The molecule has 8 nitrogen and oxygen atoms in total. The summed E-state index contributed by atoms with van der Waals surface area (Å²) in [6.45, 7) is 3.79. The van der Waals surface area contributed by atoms with Crippen LogP contribution >= 0.6 is 27.5 Å². The van der Waals surface area contributed by atoms with E-state index in [0.717, 1.165) is 31.7 Å². The molecule has 3 N–H and O–H groups in total. The third-order valence-electron chi connectivity index (χ3n) is 4.45. The highest BCUT2D eigenvalue weighted by atomic mass is 79.9. The number of H-pyrrole nitrogens is 1. The van der Waals surface area contributed by atoms with Crippen LogP contribution in [0.25, 0.3) is 11.2 Å². The van der Waals surface area contributed by atoms with Crippen LogP contribution in [-0.4, -0.2) is 43.8 Å². The number of fused-ring (bicyclic) bond motifs is 1. The minimum absolute atomic E-state index is 0.110. The fraction of sp³-hybridized carbons (Fsp3) is 0.375. The summed E-state index contributed by atoms with van der Waals surface area (Å²) in [5, 5.41) is 7.42. The van der Waals surface area contributed by atoms with Crippen molar-refractivity contribution in [2.75, 3.05) is 18.0 Å². The van der Waals surface area contributed by atoms with Gasteiger partial charge in [-0.15, -0.1) is 5.10 Å². The molecule has 10 heteroatoms. The highest BCUT2D eigenvalue weighted by molar-refractivity contribution is 9.10. The summed E-state index contributed by atoms with van der Waals surface area (Å²) < 4.78 is 6.39. The molecule has 3 aromatic rings. The molecule has 26 heavy (non-hydrogen) atoms. The molecule has 0 radical (unpaired) electrons. The minimum atomic E-state index is -0.110. The number of halogens is 2. The van der Waals surface area contributed by atoms with E-state index in [2.05, 4.69) is 52.9 Å². The van der Waals surface area contributed by atoms with Gasteiger partial charge in [0, 0.05) is 24.7 Å². The lowest BCUT2D eigenvalue weighted by atomic mass is 9.91. The molecule has 0 atom stereocenters. The van der Waals surface area contributed by atoms with Crippen LogP contribution in [0.5, 0.6) is 11.6 Å². The first-order valence-electron chi connectivity index (χ1n) is 8.15. The number of piperidine rings is 1. The van der Waals surface area contributed by atoms with Gasteiger partial charge in [-0.25, -0.2) is 15.0 Å². The lowest BCUT2D eigenvalue weighted by Gasteiger charge is -2.37. The summed E-state index contributed by atoms with van der Waals surface area (Å²) in [6, 6.07) is 1.67. The van der Waals surface area contributed by atoms with E-state index in [-0.39, 0.29) is 5.54 Å². The number of rotatable bonds is 3. The molecule has 1 fully saturated rings. The molecule has 1 aliphatic heterocycles. The maximum Gasteiger partial charge on any atom is 0.266 e. The van der Waals surface area contributed by atoms with Gasteiger partial charge in [-0.1, -0.05) is 11.6 Å². The molecule has 0 unspecified atom stereocenters. The van der Waals surface area contributed by atoms with E-state index in [1.54, 1.807) is 12.3 Å². The Morgan fingerprint density at radius 2 is 2.08 bits per heavy atom. The number of pyridine rings is 1. The van der Waals surface area contributed by atoms with Crippen LogP contribution in [0.4, 0.5) is 5.82 Å². The Morgan fingerprint density at radius 3 is 2.85 bits per heavy atom. The normalized spacial score (nSPS) is 16.8. The molecule has 136 valence electrons. The largest absolute Gasteiger partial charge is 0.434 e. The van der Waals surface area contributed by atoms with Gasteiger partial charge in [-0.05, 0) is 35.7 Å². The molecule has 1 saturated heterocycles. The lowest BCUT2D eigenvalue weighted by Crippen LogP contribution is -2.48. The number of nitrogens with one attached hydrogen (secondary N) is 1. The third kappa shape index (κ3) is 3.46. The van der Waals surface area contributed by atoms with Gasteiger partial charge in [-0.3, -0.25) is 5.10 Å². The lowest BCUT2D eigenvalue weighted by molar-refractivity contribution is 0.363. The molecular formula is C16H17BrClN7O. The van der Waals surface area contributed by atoms with Crippen molar-refractivity contribution in [1.82, 2.24) is 25.1 Å². The summed E-state index contributed by atoms with van der Waals surface area (Å²) in [4.78, 5) is 15.3. The zero-order valence-electron chi connectivity index (χ0n) is 14.0. The summed E-state index contributed by atoms with van der Waals surface area (Å²) in [5.41, 5.74) is 7.18. The number of nitrogens with two attached hydrogens (primary N) is 1. The van der Waals surface area contributed by atoms with Crippen LogP contribution in [0.2, 0.25) is 5.02 Å². The van der Waals surface area contributed by atoms with E-state index in [1.807, 2.05) is 0 Å². The van der Waals surface area contributed by atoms with Crippen LogP contribution in [0.3, 0.4) is 0 Å². The highest BCUT2D eigenvalue weighted by Gasteiger charge is 2.27. The van der Waals surface area contributed by atoms with Crippen molar-refractivity contribution < 1.29 is 4.74 Å². The zero-order valence-corrected chi connectivity index (χ0v) is 16.4. The van der Waals surface area contributed by atoms with E-state index in [1.165, 1.54) is 6.20 Å². The summed E-state index contributed by atoms with van der Waals surface area (Å²) in [7, 11) is 0. The van der Waals surface area contributed by atoms with Crippen molar-refractivity contribution >= 4 is 44.5 Å². The van der Waals surface area contributed by atoms with E-state index in [0.29, 0.717) is 32.4 Å². The molecule has 0 aromatic carbocycles. The van der Waals surface area contributed by atoms with E-state index < -0.39 is 0 Å². The Morgan fingerprint density at radius 1 is 1.31 bits per heavy atom. The van der Waals surface area contributed by atoms with Gasteiger partial charge in [0.15, 0.2) is 16.9 Å². The van der Waals surface area contributed by atoms with Gasteiger partial charge in [-0.2, -0.15) is 0 Å². The summed E-state index contributed by atoms with van der Waals surface area (Å²) in [6.07, 6.45) is 5.06. The summed E-state index contributed by atoms with van der Waals surface area (Å²) >= 11 is 9.41. The van der Waals surface area contributed by atoms with Crippen LogP contribution in [0.15, 0.2) is 23.1 Å². The molecule has 0 spiro atoms. The number of aromatic nitrogens is 5. The topological polar surface area (TPSA) is 106 Å². The van der Waals surface area contributed by atoms with E-state index in [4.69, 9.17) is 22.1 Å². The van der Waals surface area contributed by atoms with Crippen molar-refractivity contribution in [1.29, 1.82) is 0 Å². The Kier molecular flexibility index (Phi) is 4.45. The fourth-order valence-electron chi connectivity index (χ4n) is 2.82. The van der Waals surface area contributed by atoms with Gasteiger partial charge < -0.3 is 15.4 Å². The first kappa shape index (κ1) is 17.4. The minimum Gasteiger partial charge on any atom is -0.434 e. The van der Waals surface area contributed by atoms with Crippen molar-refractivity contribution in [3.05, 3.63) is 28.1 Å². The number of aromatic amines is 1. The Balaban J connectivity index is 1.59. The van der Waals surface area contributed by atoms with Crippen LogP contribution in [0.1, 0.15) is 19.8 Å². The molecule has 0 amide bonds. The fourth-order valence-corrected chi connectivity index (χ4v) is 3.27. The second kappa shape index (κ2) is 6.64. The van der Waals surface area contributed by atoms with Crippen LogP contribution in [-0.2, 0) is 0 Å². The van der Waals surface area contributed by atoms with Gasteiger partial charge in [0.25, 0.3) is 5.88 Å². The molecule has 0 aliphatic carbocycles. The highest BCUT2D eigenvalue weighted by Crippen LogP contribution is 2.32. The molecule has 3 aromatic heterocycles. The van der Waals surface area contributed by atoms with Crippen molar-refractivity contribution in [3.8, 4) is 11.6 Å². The number of nitrogens with zero attached hydrogens (tertiary/aromatic N) is 5. The standard InChI is InChI=1S/C16H17BrClN7O/c1-16(19)2-4-25(5-3-16)12-8-21-13-14(22-12)23-24-15(13)26-10-6-11(17)20-7-9(10)18/h6-8H,2-5,19H2,1H3,(H,22,23,24). The zero-order chi connectivity index (χ0) is 18.3. The molecule has 0 saturated carbocycles.